The highest BCUT2D eigenvalue weighted by Crippen LogP contribution is 2.43. The lowest BCUT2D eigenvalue weighted by atomic mass is 9.59. The first-order chi connectivity index (χ1) is 14.0. The van der Waals surface area contributed by atoms with Crippen molar-refractivity contribution >= 4 is 19.5 Å². The molecule has 0 aliphatic heterocycles. The molecule has 3 nitrogen and oxygen atoms in total. The number of nitrogens with one attached hydrogen (secondary N) is 1. The molecule has 1 N–H and O–H groups in total. The smallest absolute Gasteiger partial charge is 0.217 e. The Morgan fingerprint density at radius 1 is 1.03 bits per heavy atom. The number of amides is 1. The summed E-state index contributed by atoms with van der Waals surface area (Å²) >= 11 is 0. The number of ketones is 1. The van der Waals surface area contributed by atoms with Crippen LogP contribution in [0.3, 0.4) is 0 Å². The van der Waals surface area contributed by atoms with Crippen LogP contribution in [0.1, 0.15) is 95.9 Å². The summed E-state index contributed by atoms with van der Waals surface area (Å²) in [4.78, 5) is 23.9. The van der Waals surface area contributed by atoms with Crippen LogP contribution in [-0.2, 0) is 9.59 Å². The zero-order valence-electron chi connectivity index (χ0n) is 22.4. The molecule has 2 unspecified atom stereocenters. The fourth-order valence-corrected chi connectivity index (χ4v) is 4.39. The Kier molecular flexibility index (Phi) is 13.3. The lowest BCUT2D eigenvalue weighted by molar-refractivity contribution is -0.126. The van der Waals surface area contributed by atoms with E-state index in [0.717, 1.165) is 17.6 Å². The quantitative estimate of drug-likeness (QED) is 0.284. The van der Waals surface area contributed by atoms with Crippen molar-refractivity contribution in [2.75, 3.05) is 0 Å². The molecule has 0 fully saturated rings. The van der Waals surface area contributed by atoms with E-state index in [4.69, 9.17) is 7.85 Å². The highest BCUT2D eigenvalue weighted by molar-refractivity contribution is 6.17. The van der Waals surface area contributed by atoms with Gasteiger partial charge in [0, 0.05) is 24.3 Å². The molecule has 2 atom stereocenters. The summed E-state index contributed by atoms with van der Waals surface area (Å²) in [5.74, 6) is 0.247. The van der Waals surface area contributed by atoms with Gasteiger partial charge in [0.2, 0.25) is 5.91 Å². The van der Waals surface area contributed by atoms with Crippen molar-refractivity contribution in [3.63, 3.8) is 0 Å². The first-order valence-corrected chi connectivity index (χ1v) is 11.6. The average molecular weight is 429 g/mol. The third-order valence-corrected chi connectivity index (χ3v) is 5.48. The summed E-state index contributed by atoms with van der Waals surface area (Å²) in [7, 11) is 6.70. The van der Waals surface area contributed by atoms with Gasteiger partial charge in [-0.05, 0) is 49.9 Å². The summed E-state index contributed by atoms with van der Waals surface area (Å²) in [5, 5.41) is 2.30. The van der Waals surface area contributed by atoms with Gasteiger partial charge in [0.1, 0.15) is 5.78 Å². The summed E-state index contributed by atoms with van der Waals surface area (Å²) in [5.41, 5.74) is 1.42. The van der Waals surface area contributed by atoms with Crippen molar-refractivity contribution in [1.82, 2.24) is 5.32 Å². The Balaban J connectivity index is 0. The molecule has 0 heterocycles. The predicted octanol–water partition coefficient (Wildman–Crippen LogP) is 7.00. The van der Waals surface area contributed by atoms with E-state index in [-0.39, 0.29) is 23.2 Å². The van der Waals surface area contributed by atoms with E-state index in [1.807, 2.05) is 62.3 Å². The largest absolute Gasteiger partial charge is 0.351 e. The molecule has 0 spiro atoms. The summed E-state index contributed by atoms with van der Waals surface area (Å²) in [6.45, 7) is 27.7. The third-order valence-electron chi connectivity index (χ3n) is 5.48. The van der Waals surface area contributed by atoms with Crippen LogP contribution < -0.4 is 5.32 Å². The molecule has 0 aromatic carbocycles. The fourth-order valence-electron chi connectivity index (χ4n) is 4.39. The molecule has 0 bridgehead atoms. The second-order valence-corrected chi connectivity index (χ2v) is 10.3. The number of hydrogen-bond donors (Lipinski definition) is 1. The van der Waals surface area contributed by atoms with Gasteiger partial charge >= 0.3 is 0 Å². The number of carbonyl (C=O) groups is 2. The molecule has 4 heteroatoms. The van der Waals surface area contributed by atoms with Crippen molar-refractivity contribution in [2.24, 2.45) is 17.3 Å². The number of rotatable bonds is 11. The van der Waals surface area contributed by atoms with Gasteiger partial charge in [-0.1, -0.05) is 85.8 Å². The maximum atomic E-state index is 12.4. The first-order valence-electron chi connectivity index (χ1n) is 11.6. The molecule has 0 aromatic heterocycles. The SMILES string of the molecule is CC.[B]C(C)(CC(C)(C)NC(C)=O)/C(C=C)=C/C(=C\C)C(C)(C)CC(C)C(=O)C(C)C. The van der Waals surface area contributed by atoms with Crippen LogP contribution in [0, 0.1) is 17.3 Å². The molecule has 0 aromatic rings. The molecule has 1 amide bonds. The summed E-state index contributed by atoms with van der Waals surface area (Å²) in [6, 6.07) is 0. The molecule has 0 saturated heterocycles. The molecule has 0 aliphatic carbocycles. The van der Waals surface area contributed by atoms with Crippen molar-refractivity contribution < 1.29 is 9.59 Å². The van der Waals surface area contributed by atoms with E-state index in [1.54, 1.807) is 6.08 Å². The van der Waals surface area contributed by atoms with Crippen molar-refractivity contribution in [2.45, 2.75) is 107 Å². The molecular weight excluding hydrogens is 381 g/mol. The van der Waals surface area contributed by atoms with E-state index in [9.17, 15) is 9.59 Å². The third kappa shape index (κ3) is 11.0. The fraction of sp³-hybridized carbons (Fsp3) is 0.704. The van der Waals surface area contributed by atoms with Crippen molar-refractivity contribution in [3.8, 4) is 0 Å². The van der Waals surface area contributed by atoms with Crippen LogP contribution in [0.2, 0.25) is 5.31 Å². The van der Waals surface area contributed by atoms with E-state index in [1.165, 1.54) is 6.92 Å². The van der Waals surface area contributed by atoms with Crippen LogP contribution in [-0.4, -0.2) is 25.1 Å². The summed E-state index contributed by atoms with van der Waals surface area (Å²) < 4.78 is 0. The van der Waals surface area contributed by atoms with Gasteiger partial charge in [-0.15, -0.1) is 0 Å². The molecule has 0 aliphatic rings. The van der Waals surface area contributed by atoms with Crippen molar-refractivity contribution in [1.29, 1.82) is 0 Å². The standard InChI is InChI=1S/C25H42BNO2.C2H6/c1-12-20(23(7,8)15-18(5)22(29)17(3)4)14-21(13-2)25(11,26)16-24(9,10)27-19(6)28;1-2/h12-14,17-18H,2,15-16H2,1,3-11H3,(H,27,28);1-2H3/b20-12+,21-14+;. The Hall–Kier alpha value is -1.58. The summed E-state index contributed by atoms with van der Waals surface area (Å²) in [6.07, 6.45) is 7.32. The number of allylic oxidation sites excluding steroid dienone is 5. The Morgan fingerprint density at radius 2 is 1.52 bits per heavy atom. The van der Waals surface area contributed by atoms with Gasteiger partial charge in [0.25, 0.3) is 0 Å². The minimum atomic E-state index is -0.669. The average Bonchev–Trinajstić information content (AvgIpc) is 2.60. The zero-order chi connectivity index (χ0) is 25.2. The Labute approximate surface area is 194 Å². The Morgan fingerprint density at radius 3 is 1.87 bits per heavy atom. The van der Waals surface area contributed by atoms with E-state index < -0.39 is 10.9 Å². The topological polar surface area (TPSA) is 46.2 Å². The van der Waals surface area contributed by atoms with Gasteiger partial charge in [-0.25, -0.2) is 0 Å². The van der Waals surface area contributed by atoms with Gasteiger partial charge in [0.05, 0.1) is 7.85 Å². The monoisotopic (exact) mass is 429 g/mol. The molecule has 176 valence electrons. The van der Waals surface area contributed by atoms with Crippen LogP contribution in [0.25, 0.3) is 0 Å². The van der Waals surface area contributed by atoms with Crippen LogP contribution >= 0.6 is 0 Å². The minimum Gasteiger partial charge on any atom is -0.351 e. The number of carbonyl (C=O) groups excluding carboxylic acids is 2. The molecular formula is C27H48BNO2. The van der Waals surface area contributed by atoms with Crippen molar-refractivity contribution in [3.05, 3.63) is 36.0 Å². The highest BCUT2D eigenvalue weighted by Gasteiger charge is 2.33. The van der Waals surface area contributed by atoms with Gasteiger partial charge < -0.3 is 5.32 Å². The molecule has 0 saturated carbocycles. The van der Waals surface area contributed by atoms with Gasteiger partial charge in [0.15, 0.2) is 0 Å². The normalized spacial score (nSPS) is 16.0. The second kappa shape index (κ2) is 13.1. The van der Waals surface area contributed by atoms with E-state index >= 15 is 0 Å². The second-order valence-electron chi connectivity index (χ2n) is 10.3. The Bertz CT molecular complexity index is 667. The minimum absolute atomic E-state index is 0.0107. The highest BCUT2D eigenvalue weighted by atomic mass is 16.1. The maximum absolute atomic E-state index is 12.4. The zero-order valence-corrected chi connectivity index (χ0v) is 22.4. The van der Waals surface area contributed by atoms with E-state index in [2.05, 4.69) is 37.9 Å². The molecule has 0 rings (SSSR count). The van der Waals surface area contributed by atoms with Crippen LogP contribution in [0.15, 0.2) is 36.0 Å². The lowest BCUT2D eigenvalue weighted by Gasteiger charge is -2.38. The van der Waals surface area contributed by atoms with Gasteiger partial charge in [-0.3, -0.25) is 9.59 Å². The molecule has 2 radical (unpaired) electrons. The van der Waals surface area contributed by atoms with Crippen LogP contribution in [0.5, 0.6) is 0 Å². The predicted molar refractivity (Wildman–Crippen MR) is 137 cm³/mol. The van der Waals surface area contributed by atoms with E-state index in [0.29, 0.717) is 12.2 Å². The number of hydrogen-bond acceptors (Lipinski definition) is 2. The molecule has 31 heavy (non-hydrogen) atoms. The van der Waals surface area contributed by atoms with Gasteiger partial charge in [-0.2, -0.15) is 0 Å². The first kappa shape index (κ1) is 31.6. The number of Topliss-reactive ketones (excluding diaryl/α,β-unsaturated/α-hetero) is 1. The lowest BCUT2D eigenvalue weighted by Crippen LogP contribution is -2.44. The van der Waals surface area contributed by atoms with Crippen LogP contribution in [0.4, 0.5) is 0 Å². The maximum Gasteiger partial charge on any atom is 0.217 e.